The molecular formula is C34H24FNO3. The summed E-state index contributed by atoms with van der Waals surface area (Å²) < 4.78 is 14.3. The molecule has 0 radical (unpaired) electrons. The molecule has 0 aromatic heterocycles. The Morgan fingerprint density at radius 1 is 0.821 bits per heavy atom. The van der Waals surface area contributed by atoms with E-state index in [4.69, 9.17) is 0 Å². The van der Waals surface area contributed by atoms with Gasteiger partial charge in [0.05, 0.1) is 6.04 Å². The van der Waals surface area contributed by atoms with Gasteiger partial charge in [0.1, 0.15) is 17.3 Å². The maximum atomic E-state index is 14.5. The minimum Gasteiger partial charge on any atom is -0.352 e. The number of carbonyl (C=O) groups is 3. The second-order valence-corrected chi connectivity index (χ2v) is 10.6. The highest BCUT2D eigenvalue weighted by Crippen LogP contribution is 2.60. The number of hydrogen-bond donors (Lipinski definition) is 0. The Morgan fingerprint density at radius 3 is 2.13 bits per heavy atom. The molecule has 5 heteroatoms. The summed E-state index contributed by atoms with van der Waals surface area (Å²) in [6.45, 7) is 1.95. The predicted molar refractivity (Wildman–Crippen MR) is 148 cm³/mol. The molecule has 1 fully saturated rings. The maximum Gasteiger partial charge on any atom is 0.185 e. The lowest BCUT2D eigenvalue weighted by molar-refractivity contribution is 0.0666. The van der Waals surface area contributed by atoms with Crippen molar-refractivity contribution >= 4 is 29.1 Å². The number of Topliss-reactive ketones (excluding diaryl/α,β-unsaturated/α-hetero) is 3. The number of rotatable bonds is 3. The van der Waals surface area contributed by atoms with E-state index < -0.39 is 29.2 Å². The minimum absolute atomic E-state index is 0.187. The van der Waals surface area contributed by atoms with Crippen LogP contribution in [0, 0.1) is 18.2 Å². The number of carbonyl (C=O) groups excluding carboxylic acids is 3. The maximum absolute atomic E-state index is 14.5. The Labute approximate surface area is 225 Å². The summed E-state index contributed by atoms with van der Waals surface area (Å²) in [5.74, 6) is -1.91. The molecule has 3 atom stereocenters. The normalized spacial score (nSPS) is 22.1. The standard InChI is InChI=1S/C34H24FNO3/c1-20-11-13-22(14-12-20)31(37)30-29(21-7-3-2-4-8-21)34(32(38)25-9-5-6-10-26(25)33(34)39)28-18-15-23-19-24(35)16-17-27(23)36(28)30/h2-19,28-30H,1H3/t28-,29-,30+/m1/s1. The molecule has 0 amide bonds. The van der Waals surface area contributed by atoms with Gasteiger partial charge in [-0.25, -0.2) is 4.39 Å². The molecule has 1 spiro atoms. The summed E-state index contributed by atoms with van der Waals surface area (Å²) in [6, 6.07) is 26.5. The molecule has 0 N–H and O–H groups in total. The summed E-state index contributed by atoms with van der Waals surface area (Å²) in [5.41, 5.74) is 2.69. The lowest BCUT2D eigenvalue weighted by atomic mass is 9.64. The van der Waals surface area contributed by atoms with Gasteiger partial charge in [0.15, 0.2) is 17.3 Å². The van der Waals surface area contributed by atoms with Crippen molar-refractivity contribution in [2.75, 3.05) is 4.90 Å². The summed E-state index contributed by atoms with van der Waals surface area (Å²) in [6.07, 6.45) is 3.58. The van der Waals surface area contributed by atoms with Gasteiger partial charge in [0.25, 0.3) is 0 Å². The SMILES string of the molecule is Cc1ccc(C(=O)[C@@H]2[C@@H](c3ccccc3)C3(C(=O)c4ccccc4C3=O)[C@H]3C=Cc4cc(F)ccc4N23)cc1. The monoisotopic (exact) mass is 513 g/mol. The van der Waals surface area contributed by atoms with Crippen molar-refractivity contribution in [1.82, 2.24) is 0 Å². The van der Waals surface area contributed by atoms with Crippen LogP contribution in [0.15, 0.2) is 103 Å². The van der Waals surface area contributed by atoms with Crippen molar-refractivity contribution in [2.24, 2.45) is 5.41 Å². The zero-order chi connectivity index (χ0) is 26.9. The molecule has 2 heterocycles. The molecule has 1 aliphatic carbocycles. The van der Waals surface area contributed by atoms with Crippen molar-refractivity contribution in [3.05, 3.63) is 142 Å². The Morgan fingerprint density at radius 2 is 1.46 bits per heavy atom. The summed E-state index contributed by atoms with van der Waals surface area (Å²) >= 11 is 0. The van der Waals surface area contributed by atoms with E-state index in [0.29, 0.717) is 27.9 Å². The average molecular weight is 514 g/mol. The Kier molecular flexibility index (Phi) is 5.08. The number of anilines is 1. The first kappa shape index (κ1) is 23.5. The molecule has 2 aliphatic heterocycles. The Hall–Kier alpha value is -4.64. The fraction of sp³-hybridized carbons (Fsp3) is 0.147. The molecule has 0 saturated carbocycles. The average Bonchev–Trinajstić information content (AvgIpc) is 3.39. The van der Waals surface area contributed by atoms with Gasteiger partial charge in [-0.1, -0.05) is 96.6 Å². The van der Waals surface area contributed by atoms with Gasteiger partial charge in [-0.15, -0.1) is 0 Å². The number of fused-ring (bicyclic) bond motifs is 5. The van der Waals surface area contributed by atoms with Crippen LogP contribution in [-0.4, -0.2) is 29.4 Å². The van der Waals surface area contributed by atoms with E-state index in [9.17, 15) is 18.8 Å². The lowest BCUT2D eigenvalue weighted by Gasteiger charge is -2.37. The highest BCUT2D eigenvalue weighted by Gasteiger charge is 2.71. The molecule has 39 heavy (non-hydrogen) atoms. The largest absolute Gasteiger partial charge is 0.352 e. The third-order valence-electron chi connectivity index (χ3n) is 8.53. The zero-order valence-corrected chi connectivity index (χ0v) is 21.2. The van der Waals surface area contributed by atoms with E-state index in [1.165, 1.54) is 12.1 Å². The molecule has 7 rings (SSSR count). The molecule has 0 bridgehead atoms. The van der Waals surface area contributed by atoms with Crippen LogP contribution in [0.4, 0.5) is 10.1 Å². The molecule has 4 aromatic carbocycles. The first-order valence-corrected chi connectivity index (χ1v) is 13.0. The highest BCUT2D eigenvalue weighted by atomic mass is 19.1. The van der Waals surface area contributed by atoms with Crippen LogP contribution in [0.2, 0.25) is 0 Å². The second kappa shape index (κ2) is 8.43. The van der Waals surface area contributed by atoms with Gasteiger partial charge in [-0.05, 0) is 30.7 Å². The van der Waals surface area contributed by atoms with Crippen LogP contribution >= 0.6 is 0 Å². The van der Waals surface area contributed by atoms with Gasteiger partial charge in [0, 0.05) is 33.9 Å². The number of halogens is 1. The zero-order valence-electron chi connectivity index (χ0n) is 21.2. The highest BCUT2D eigenvalue weighted by molar-refractivity contribution is 6.32. The number of hydrogen-bond acceptors (Lipinski definition) is 4. The first-order valence-electron chi connectivity index (χ1n) is 13.0. The van der Waals surface area contributed by atoms with Crippen molar-refractivity contribution in [3.8, 4) is 0 Å². The molecule has 3 aliphatic rings. The van der Waals surface area contributed by atoms with Crippen LogP contribution in [-0.2, 0) is 0 Å². The summed E-state index contributed by atoms with van der Waals surface area (Å²) in [5, 5.41) is 0. The minimum atomic E-state index is -1.56. The third-order valence-corrected chi connectivity index (χ3v) is 8.53. The van der Waals surface area contributed by atoms with Crippen molar-refractivity contribution in [2.45, 2.75) is 24.9 Å². The fourth-order valence-corrected chi connectivity index (χ4v) is 6.87. The molecule has 4 nitrogen and oxygen atoms in total. The van der Waals surface area contributed by atoms with E-state index in [2.05, 4.69) is 0 Å². The number of nitrogens with zero attached hydrogens (tertiary/aromatic N) is 1. The van der Waals surface area contributed by atoms with E-state index in [1.807, 2.05) is 60.4 Å². The van der Waals surface area contributed by atoms with E-state index >= 15 is 0 Å². The second-order valence-electron chi connectivity index (χ2n) is 10.6. The van der Waals surface area contributed by atoms with Gasteiger partial charge in [-0.3, -0.25) is 14.4 Å². The number of ketones is 3. The first-order chi connectivity index (χ1) is 18.9. The van der Waals surface area contributed by atoms with E-state index in [-0.39, 0.29) is 17.3 Å². The molecule has 1 saturated heterocycles. The van der Waals surface area contributed by atoms with Crippen LogP contribution in [0.1, 0.15) is 53.7 Å². The van der Waals surface area contributed by atoms with Crippen LogP contribution in [0.25, 0.3) is 6.08 Å². The quantitative estimate of drug-likeness (QED) is 0.233. The van der Waals surface area contributed by atoms with Crippen LogP contribution in [0.3, 0.4) is 0 Å². The molecule has 4 aromatic rings. The predicted octanol–water partition coefficient (Wildman–Crippen LogP) is 6.45. The van der Waals surface area contributed by atoms with Gasteiger partial charge < -0.3 is 4.90 Å². The Balaban J connectivity index is 1.54. The number of benzene rings is 4. The topological polar surface area (TPSA) is 54.5 Å². The van der Waals surface area contributed by atoms with Crippen LogP contribution < -0.4 is 4.90 Å². The number of aryl methyl sites for hydroxylation is 1. The van der Waals surface area contributed by atoms with E-state index in [0.717, 1.165) is 11.1 Å². The van der Waals surface area contributed by atoms with Crippen LogP contribution in [0.5, 0.6) is 0 Å². The summed E-state index contributed by atoms with van der Waals surface area (Å²) in [7, 11) is 0. The van der Waals surface area contributed by atoms with Gasteiger partial charge in [0.2, 0.25) is 0 Å². The fourth-order valence-electron chi connectivity index (χ4n) is 6.87. The molecule has 190 valence electrons. The van der Waals surface area contributed by atoms with Crippen molar-refractivity contribution in [1.29, 1.82) is 0 Å². The van der Waals surface area contributed by atoms with Gasteiger partial charge >= 0.3 is 0 Å². The third kappa shape index (κ3) is 3.13. The summed E-state index contributed by atoms with van der Waals surface area (Å²) in [4.78, 5) is 45.5. The van der Waals surface area contributed by atoms with Crippen molar-refractivity contribution < 1.29 is 18.8 Å². The molecular weight excluding hydrogens is 489 g/mol. The lowest BCUT2D eigenvalue weighted by Crippen LogP contribution is -2.48. The Bertz CT molecular complexity index is 1670. The molecule has 0 unspecified atom stereocenters. The van der Waals surface area contributed by atoms with Gasteiger partial charge in [-0.2, -0.15) is 0 Å². The van der Waals surface area contributed by atoms with E-state index in [1.54, 1.807) is 48.5 Å². The smallest absolute Gasteiger partial charge is 0.185 e. The van der Waals surface area contributed by atoms with Crippen molar-refractivity contribution in [3.63, 3.8) is 0 Å².